The molecule has 0 aliphatic rings. The van der Waals surface area contributed by atoms with Gasteiger partial charge in [-0.3, -0.25) is 4.99 Å². The van der Waals surface area contributed by atoms with Gasteiger partial charge in [0, 0.05) is 12.3 Å². The van der Waals surface area contributed by atoms with E-state index in [1.165, 1.54) is 22.3 Å². The van der Waals surface area contributed by atoms with Gasteiger partial charge in [0.2, 0.25) is 0 Å². The van der Waals surface area contributed by atoms with Gasteiger partial charge in [0.15, 0.2) is 0 Å². The van der Waals surface area contributed by atoms with Crippen molar-refractivity contribution in [2.45, 2.75) is 26.8 Å². The van der Waals surface area contributed by atoms with Crippen molar-refractivity contribution in [3.63, 3.8) is 0 Å². The summed E-state index contributed by atoms with van der Waals surface area (Å²) in [7, 11) is 0. The standard InChI is InChI=1S/C19H21N/c1-15(2)20-14-13-16(3)17-9-11-19(12-10-17)18-7-5-4-6-8-18/h4-15H,1-3H3. The van der Waals surface area contributed by atoms with E-state index in [2.05, 4.69) is 80.4 Å². The number of rotatable bonds is 4. The third-order valence-electron chi connectivity index (χ3n) is 3.16. The predicted molar refractivity (Wildman–Crippen MR) is 89.2 cm³/mol. The van der Waals surface area contributed by atoms with Gasteiger partial charge in [-0.15, -0.1) is 0 Å². The molecule has 0 fully saturated rings. The zero-order valence-electron chi connectivity index (χ0n) is 12.4. The van der Waals surface area contributed by atoms with Crippen LogP contribution >= 0.6 is 0 Å². The van der Waals surface area contributed by atoms with Crippen LogP contribution in [0, 0.1) is 0 Å². The van der Waals surface area contributed by atoms with Crippen LogP contribution in [0.15, 0.2) is 65.7 Å². The Morgan fingerprint density at radius 1 is 0.900 bits per heavy atom. The highest BCUT2D eigenvalue weighted by molar-refractivity contribution is 5.84. The first-order valence-corrected chi connectivity index (χ1v) is 7.03. The van der Waals surface area contributed by atoms with Crippen LogP contribution in [0.4, 0.5) is 0 Å². The summed E-state index contributed by atoms with van der Waals surface area (Å²) in [4.78, 5) is 4.35. The quantitative estimate of drug-likeness (QED) is 0.669. The lowest BCUT2D eigenvalue weighted by atomic mass is 10.0. The Labute approximate surface area is 121 Å². The zero-order chi connectivity index (χ0) is 14.4. The van der Waals surface area contributed by atoms with Crippen LogP contribution in [-0.4, -0.2) is 12.3 Å². The summed E-state index contributed by atoms with van der Waals surface area (Å²) in [5, 5.41) is 0. The van der Waals surface area contributed by atoms with Gasteiger partial charge in [-0.2, -0.15) is 0 Å². The van der Waals surface area contributed by atoms with E-state index in [1.54, 1.807) is 0 Å². The minimum atomic E-state index is 0.347. The Bertz CT molecular complexity index is 589. The van der Waals surface area contributed by atoms with E-state index >= 15 is 0 Å². The molecule has 0 heterocycles. The molecular weight excluding hydrogens is 242 g/mol. The van der Waals surface area contributed by atoms with Gasteiger partial charge in [-0.05, 0) is 49.1 Å². The average molecular weight is 263 g/mol. The van der Waals surface area contributed by atoms with Crippen molar-refractivity contribution in [3.05, 3.63) is 66.2 Å². The molecule has 0 amide bonds. The summed E-state index contributed by atoms with van der Waals surface area (Å²) in [6.45, 7) is 6.27. The number of aliphatic imine (C=N–C) groups is 1. The average Bonchev–Trinajstić information content (AvgIpc) is 2.48. The monoisotopic (exact) mass is 263 g/mol. The van der Waals surface area contributed by atoms with Crippen molar-refractivity contribution in [3.8, 4) is 11.1 Å². The van der Waals surface area contributed by atoms with Crippen LogP contribution in [0.25, 0.3) is 16.7 Å². The molecule has 0 radical (unpaired) electrons. The molecule has 0 atom stereocenters. The molecule has 0 aliphatic heterocycles. The van der Waals surface area contributed by atoms with Gasteiger partial charge in [0.25, 0.3) is 0 Å². The maximum absolute atomic E-state index is 4.35. The molecule has 0 N–H and O–H groups in total. The maximum atomic E-state index is 4.35. The van der Waals surface area contributed by atoms with Crippen LogP contribution < -0.4 is 0 Å². The first kappa shape index (κ1) is 14.3. The topological polar surface area (TPSA) is 12.4 Å². The van der Waals surface area contributed by atoms with Crippen LogP contribution in [0.1, 0.15) is 26.3 Å². The second-order valence-corrected chi connectivity index (χ2v) is 5.18. The van der Waals surface area contributed by atoms with Gasteiger partial charge in [0.1, 0.15) is 0 Å². The Kier molecular flexibility index (Phi) is 4.89. The lowest BCUT2D eigenvalue weighted by molar-refractivity contribution is 0.842. The minimum Gasteiger partial charge on any atom is -0.290 e. The Morgan fingerprint density at radius 3 is 2.10 bits per heavy atom. The van der Waals surface area contributed by atoms with Gasteiger partial charge in [0.05, 0.1) is 0 Å². The van der Waals surface area contributed by atoms with Crippen LogP contribution in [0.2, 0.25) is 0 Å². The van der Waals surface area contributed by atoms with Crippen molar-refractivity contribution in [2.75, 3.05) is 0 Å². The summed E-state index contributed by atoms with van der Waals surface area (Å²) in [6.07, 6.45) is 3.96. The molecule has 0 aromatic heterocycles. The zero-order valence-corrected chi connectivity index (χ0v) is 12.4. The fourth-order valence-electron chi connectivity index (χ4n) is 1.98. The smallest absolute Gasteiger partial charge is 0.0443 e. The summed E-state index contributed by atoms with van der Waals surface area (Å²) in [5.74, 6) is 0. The van der Waals surface area contributed by atoms with Gasteiger partial charge in [-0.25, -0.2) is 0 Å². The molecule has 0 saturated heterocycles. The summed E-state index contributed by atoms with van der Waals surface area (Å²) < 4.78 is 0. The number of hydrogen-bond donors (Lipinski definition) is 0. The molecule has 1 nitrogen and oxygen atoms in total. The van der Waals surface area contributed by atoms with Gasteiger partial charge >= 0.3 is 0 Å². The molecule has 0 saturated carbocycles. The Hall–Kier alpha value is -2.15. The summed E-state index contributed by atoms with van der Waals surface area (Å²) >= 11 is 0. The number of benzene rings is 2. The second kappa shape index (κ2) is 6.85. The Morgan fingerprint density at radius 2 is 1.50 bits per heavy atom. The van der Waals surface area contributed by atoms with Crippen LogP contribution in [0.5, 0.6) is 0 Å². The van der Waals surface area contributed by atoms with E-state index < -0.39 is 0 Å². The largest absolute Gasteiger partial charge is 0.290 e. The first-order valence-electron chi connectivity index (χ1n) is 7.03. The Balaban J connectivity index is 2.16. The van der Waals surface area contributed by atoms with Gasteiger partial charge < -0.3 is 0 Å². The maximum Gasteiger partial charge on any atom is 0.0443 e. The highest BCUT2D eigenvalue weighted by atomic mass is 14.7. The molecule has 102 valence electrons. The van der Waals surface area contributed by atoms with E-state index in [9.17, 15) is 0 Å². The fraction of sp³-hybridized carbons (Fsp3) is 0.211. The third kappa shape index (κ3) is 3.92. The molecule has 0 spiro atoms. The molecule has 20 heavy (non-hydrogen) atoms. The molecule has 2 aromatic rings. The van der Waals surface area contributed by atoms with Crippen LogP contribution in [0.3, 0.4) is 0 Å². The SMILES string of the molecule is CC(=CC=NC(C)C)c1ccc(-c2ccccc2)cc1. The first-order chi connectivity index (χ1) is 9.66. The fourth-order valence-corrected chi connectivity index (χ4v) is 1.98. The number of allylic oxidation sites excluding steroid dienone is 2. The molecule has 1 heteroatoms. The van der Waals surface area contributed by atoms with E-state index in [-0.39, 0.29) is 0 Å². The van der Waals surface area contributed by atoms with Crippen molar-refractivity contribution < 1.29 is 0 Å². The molecular formula is C19H21N. The third-order valence-corrected chi connectivity index (χ3v) is 3.16. The van der Waals surface area contributed by atoms with Crippen LogP contribution in [-0.2, 0) is 0 Å². The normalized spacial score (nSPS) is 12.3. The molecule has 2 aromatic carbocycles. The number of nitrogens with zero attached hydrogens (tertiary/aromatic N) is 1. The van der Waals surface area contributed by atoms with E-state index in [0.717, 1.165) is 0 Å². The lowest BCUT2D eigenvalue weighted by Crippen LogP contribution is -1.88. The second-order valence-electron chi connectivity index (χ2n) is 5.18. The van der Waals surface area contributed by atoms with Crippen molar-refractivity contribution in [1.82, 2.24) is 0 Å². The number of hydrogen-bond acceptors (Lipinski definition) is 1. The highest BCUT2D eigenvalue weighted by Gasteiger charge is 1.98. The van der Waals surface area contributed by atoms with E-state index in [0.29, 0.717) is 6.04 Å². The van der Waals surface area contributed by atoms with Gasteiger partial charge in [-0.1, -0.05) is 54.6 Å². The summed E-state index contributed by atoms with van der Waals surface area (Å²) in [5.41, 5.74) is 4.97. The molecule has 0 bridgehead atoms. The van der Waals surface area contributed by atoms with E-state index in [1.807, 2.05) is 12.3 Å². The highest BCUT2D eigenvalue weighted by Crippen LogP contribution is 2.21. The summed E-state index contributed by atoms with van der Waals surface area (Å²) in [6, 6.07) is 19.4. The molecule has 0 unspecified atom stereocenters. The predicted octanol–water partition coefficient (Wildman–Crippen LogP) is 5.24. The molecule has 0 aliphatic carbocycles. The van der Waals surface area contributed by atoms with Crippen molar-refractivity contribution in [2.24, 2.45) is 4.99 Å². The minimum absolute atomic E-state index is 0.347. The molecule has 2 rings (SSSR count). The van der Waals surface area contributed by atoms with Crippen molar-refractivity contribution >= 4 is 11.8 Å². The van der Waals surface area contributed by atoms with E-state index in [4.69, 9.17) is 0 Å². The van der Waals surface area contributed by atoms with Crippen molar-refractivity contribution in [1.29, 1.82) is 0 Å². The lowest BCUT2D eigenvalue weighted by Gasteiger charge is -2.04.